The Bertz CT molecular complexity index is 173. The van der Waals surface area contributed by atoms with Crippen molar-refractivity contribution in [2.45, 2.75) is 0 Å². The first-order valence-corrected chi connectivity index (χ1v) is 3.66. The fourth-order valence-electron chi connectivity index (χ4n) is 0. The van der Waals surface area contributed by atoms with Crippen molar-refractivity contribution in [3.05, 3.63) is 24.4 Å². The predicted molar refractivity (Wildman–Crippen MR) is 44.5 cm³/mol. The van der Waals surface area contributed by atoms with Crippen LogP contribution in [-0.4, -0.2) is 32.4 Å². The molecule has 0 aliphatic carbocycles. The van der Waals surface area contributed by atoms with Crippen LogP contribution in [-0.2, 0) is 9.59 Å². The van der Waals surface area contributed by atoms with Crippen LogP contribution in [0.25, 0.3) is 0 Å². The second-order valence-electron chi connectivity index (χ2n) is 1.63. The van der Waals surface area contributed by atoms with Gasteiger partial charge in [-0.05, 0) is 0 Å². The van der Waals surface area contributed by atoms with Crippen molar-refractivity contribution in [3.8, 4) is 0 Å². The maximum absolute atomic E-state index is 9.63. The fraction of sp³-hybridized carbons (Fsp3) is 0. The molecular weight excluding hydrogens is 164 g/mol. The lowest BCUT2D eigenvalue weighted by atomic mass is 10.7. The molecule has 0 aromatic carbocycles. The van der Waals surface area contributed by atoms with Gasteiger partial charge in [-0.15, -0.1) is 0 Å². The predicted octanol–water partition coefficient (Wildman–Crippen LogP) is -0.793. The molecule has 0 bridgehead atoms. The molecule has 4 nitrogen and oxygen atoms in total. The van der Waals surface area contributed by atoms with Crippen molar-refractivity contribution in [1.82, 2.24) is 0 Å². The summed E-state index contributed by atoms with van der Waals surface area (Å²) in [6, 6.07) is 0. The summed E-state index contributed by atoms with van der Waals surface area (Å²) in [6.07, 6.45) is 0.833. The number of hydrogen-bond acceptors (Lipinski definition) is 2. The molecule has 2 N–H and O–H groups in total. The normalized spacial score (nSPS) is 7.27. The van der Waals surface area contributed by atoms with Crippen LogP contribution in [0.5, 0.6) is 0 Å². The second-order valence-corrected chi connectivity index (χ2v) is 2.83. The molecule has 0 spiro atoms. The Morgan fingerprint density at radius 1 is 1.36 bits per heavy atom. The highest BCUT2D eigenvalue weighted by Gasteiger charge is 1.90. The number of aliphatic carboxylic acids is 2. The number of rotatable bonds is 2. The third-order valence-corrected chi connectivity index (χ3v) is 0.967. The van der Waals surface area contributed by atoms with Gasteiger partial charge in [-0.3, -0.25) is 0 Å². The van der Waals surface area contributed by atoms with Crippen LogP contribution in [0.2, 0.25) is 0 Å². The first kappa shape index (κ1) is 12.3. The van der Waals surface area contributed by atoms with E-state index in [1.54, 1.807) is 0 Å². The molecule has 0 aromatic heterocycles. The topological polar surface area (TPSA) is 74.6 Å². The number of carbonyl (C=O) groups is 2. The Morgan fingerprint density at radius 3 is 1.55 bits per heavy atom. The highest BCUT2D eigenvalue weighted by Crippen LogP contribution is 1.74. The second kappa shape index (κ2) is 6.75. The molecule has 0 radical (unpaired) electrons. The quantitative estimate of drug-likeness (QED) is 0.425. The van der Waals surface area contributed by atoms with Crippen LogP contribution in [0, 0.1) is 0 Å². The highest BCUT2D eigenvalue weighted by atomic mass is 28.1. The van der Waals surface area contributed by atoms with E-state index in [1.807, 2.05) is 0 Å². The first-order valence-electron chi connectivity index (χ1n) is 2.66. The van der Waals surface area contributed by atoms with Crippen molar-refractivity contribution in [2.24, 2.45) is 0 Å². The summed E-state index contributed by atoms with van der Waals surface area (Å²) in [5.41, 5.74) is 0. The van der Waals surface area contributed by atoms with E-state index in [0.29, 0.717) is 15.4 Å². The summed E-state index contributed by atoms with van der Waals surface area (Å²) in [6.45, 7) is 6.18. The minimum absolute atomic E-state index is 0.315. The molecule has 0 heterocycles. The van der Waals surface area contributed by atoms with Gasteiger partial charge in [0, 0.05) is 21.5 Å². The van der Waals surface area contributed by atoms with Gasteiger partial charge < -0.3 is 10.2 Å². The minimum Gasteiger partial charge on any atom is -0.478 e. The van der Waals surface area contributed by atoms with E-state index in [0.717, 1.165) is 6.08 Å². The summed E-state index contributed by atoms with van der Waals surface area (Å²) in [5.74, 6) is -1.85. The minimum atomic E-state index is -0.981. The van der Waals surface area contributed by atoms with E-state index in [9.17, 15) is 9.59 Å². The van der Waals surface area contributed by atoms with Crippen molar-refractivity contribution in [1.29, 1.82) is 0 Å². The van der Waals surface area contributed by atoms with Crippen molar-refractivity contribution in [2.75, 3.05) is 0 Å². The van der Waals surface area contributed by atoms with Gasteiger partial charge in [0.05, 0.1) is 0 Å². The standard InChI is InChI=1S/C3H6O2Si.C3H4O2/c1-2(6)3(4)5;1-2-3(4)5/h1H2,6H3,(H,4,5);2H,1H2,(H,4,5). The van der Waals surface area contributed by atoms with Crippen LogP contribution in [0.4, 0.5) is 0 Å². The molecule has 0 atom stereocenters. The SMILES string of the molecule is C=C([SiH3])C(=O)O.C=CC(=O)O. The van der Waals surface area contributed by atoms with Gasteiger partial charge in [0.1, 0.15) is 0 Å². The lowest BCUT2D eigenvalue weighted by Crippen LogP contribution is -1.96. The van der Waals surface area contributed by atoms with E-state index >= 15 is 0 Å². The van der Waals surface area contributed by atoms with Gasteiger partial charge in [0.2, 0.25) is 0 Å². The molecule has 0 saturated carbocycles. The van der Waals surface area contributed by atoms with Crippen LogP contribution >= 0.6 is 0 Å². The van der Waals surface area contributed by atoms with E-state index in [1.165, 1.54) is 0 Å². The van der Waals surface area contributed by atoms with E-state index in [4.69, 9.17) is 10.2 Å². The zero-order chi connectivity index (χ0) is 9.44. The monoisotopic (exact) mass is 174 g/mol. The summed E-state index contributed by atoms with van der Waals surface area (Å²) in [5, 5.41) is 15.8. The van der Waals surface area contributed by atoms with Crippen LogP contribution in [0.3, 0.4) is 0 Å². The smallest absolute Gasteiger partial charge is 0.327 e. The Labute approximate surface area is 67.3 Å². The summed E-state index contributed by atoms with van der Waals surface area (Å²) < 4.78 is 0. The number of hydrogen-bond donors (Lipinski definition) is 2. The van der Waals surface area contributed by atoms with Crippen LogP contribution in [0.15, 0.2) is 24.4 Å². The van der Waals surface area contributed by atoms with Gasteiger partial charge in [0.15, 0.2) is 0 Å². The maximum Gasteiger partial charge on any atom is 0.327 e. The van der Waals surface area contributed by atoms with Crippen molar-refractivity contribution >= 4 is 22.2 Å². The molecule has 0 rings (SSSR count). The first-order chi connectivity index (χ1) is 4.91. The molecule has 0 saturated heterocycles. The molecule has 5 heteroatoms. The van der Waals surface area contributed by atoms with Gasteiger partial charge in [0.25, 0.3) is 0 Å². The molecule has 0 fully saturated rings. The van der Waals surface area contributed by atoms with Gasteiger partial charge in [-0.1, -0.05) is 13.2 Å². The largest absolute Gasteiger partial charge is 0.478 e. The molecule has 0 unspecified atom stereocenters. The van der Waals surface area contributed by atoms with Crippen LogP contribution < -0.4 is 0 Å². The number of carboxylic acids is 2. The van der Waals surface area contributed by atoms with E-state index in [2.05, 4.69) is 13.2 Å². The van der Waals surface area contributed by atoms with Gasteiger partial charge in [-0.2, -0.15) is 0 Å². The Morgan fingerprint density at radius 2 is 1.55 bits per heavy atom. The fourth-order valence-corrected chi connectivity index (χ4v) is 0. The highest BCUT2D eigenvalue weighted by molar-refractivity contribution is 6.34. The molecule has 0 aliphatic rings. The van der Waals surface area contributed by atoms with Crippen molar-refractivity contribution in [3.63, 3.8) is 0 Å². The zero-order valence-electron chi connectivity index (χ0n) is 6.20. The number of carboxylic acid groups (broad SMARTS) is 2. The molecule has 0 amide bonds. The lowest BCUT2D eigenvalue weighted by Gasteiger charge is -1.79. The van der Waals surface area contributed by atoms with E-state index in [-0.39, 0.29) is 0 Å². The summed E-state index contributed by atoms with van der Waals surface area (Å²) in [7, 11) is 0.559. The van der Waals surface area contributed by atoms with E-state index < -0.39 is 11.9 Å². The Kier molecular flexibility index (Phi) is 7.57. The summed E-state index contributed by atoms with van der Waals surface area (Å²) >= 11 is 0. The molecule has 0 aromatic rings. The average molecular weight is 174 g/mol. The molecular formula is C6H10O4Si. The third-order valence-electron chi connectivity index (χ3n) is 0.540. The van der Waals surface area contributed by atoms with Crippen molar-refractivity contribution < 1.29 is 19.8 Å². The molecule has 0 aliphatic heterocycles. The molecule has 62 valence electrons. The Balaban J connectivity index is 0. The third kappa shape index (κ3) is 17.7. The zero-order valence-corrected chi connectivity index (χ0v) is 8.20. The maximum atomic E-state index is 9.63. The summed E-state index contributed by atoms with van der Waals surface area (Å²) in [4.78, 5) is 18.9. The average Bonchev–Trinajstić information content (AvgIpc) is 1.89. The van der Waals surface area contributed by atoms with Crippen LogP contribution in [0.1, 0.15) is 0 Å². The molecule has 11 heavy (non-hydrogen) atoms. The lowest BCUT2D eigenvalue weighted by molar-refractivity contribution is -0.132. The van der Waals surface area contributed by atoms with Gasteiger partial charge in [-0.25, -0.2) is 9.59 Å². The Hall–Kier alpha value is -1.36. The van der Waals surface area contributed by atoms with Gasteiger partial charge >= 0.3 is 11.9 Å².